The number of halogens is 1. The van der Waals surface area contributed by atoms with Gasteiger partial charge in [0.05, 0.1) is 17.4 Å². The Bertz CT molecular complexity index is 669. The zero-order chi connectivity index (χ0) is 16.1. The van der Waals surface area contributed by atoms with Gasteiger partial charge in [-0.1, -0.05) is 17.7 Å². The molecule has 0 aliphatic carbocycles. The monoisotopic (exact) mass is 335 g/mol. The van der Waals surface area contributed by atoms with E-state index in [0.717, 1.165) is 5.76 Å². The minimum atomic E-state index is -0.680. The van der Waals surface area contributed by atoms with Gasteiger partial charge in [0.2, 0.25) is 0 Å². The lowest BCUT2D eigenvalue weighted by Crippen LogP contribution is -2.22. The zero-order valence-corrected chi connectivity index (χ0v) is 13.3. The Morgan fingerprint density at radius 3 is 3.00 bits per heavy atom. The topological polar surface area (TPSA) is 63.9 Å². The van der Waals surface area contributed by atoms with Crippen molar-refractivity contribution in [3.8, 4) is 11.5 Å². The summed E-state index contributed by atoms with van der Waals surface area (Å²) in [5.74, 6) is 1.92. The van der Waals surface area contributed by atoms with Crippen molar-refractivity contribution in [2.45, 2.75) is 6.10 Å². The van der Waals surface area contributed by atoms with Crippen LogP contribution in [0.25, 0.3) is 6.08 Å². The Labute approximate surface area is 139 Å². The van der Waals surface area contributed by atoms with Gasteiger partial charge in [-0.05, 0) is 35.9 Å². The molecule has 0 amide bonds. The van der Waals surface area contributed by atoms with Gasteiger partial charge >= 0.3 is 0 Å². The molecule has 0 spiro atoms. The lowest BCUT2D eigenvalue weighted by Gasteiger charge is -2.21. The summed E-state index contributed by atoms with van der Waals surface area (Å²) in [6, 6.07) is 7.19. The number of nitrogens with one attached hydrogen (secondary N) is 1. The maximum Gasteiger partial charge on any atom is 0.179 e. The molecule has 1 aromatic heterocycles. The first-order valence-electron chi connectivity index (χ1n) is 7.42. The molecule has 0 unspecified atom stereocenters. The van der Waals surface area contributed by atoms with Crippen molar-refractivity contribution in [1.82, 2.24) is 5.32 Å². The van der Waals surface area contributed by atoms with Crippen LogP contribution < -0.4 is 14.8 Å². The average Bonchev–Trinajstić information content (AvgIpc) is 3.07. The number of furan rings is 1. The summed E-state index contributed by atoms with van der Waals surface area (Å²) in [5.41, 5.74) is 0.696. The van der Waals surface area contributed by atoms with Crippen LogP contribution in [-0.2, 0) is 0 Å². The molecule has 0 radical (unpaired) electrons. The standard InChI is InChI=1S/C17H18ClNO4/c18-14-9-12(10-16-17(14)23-8-7-22-16)15(20)11-19-5-1-3-13-4-2-6-21-13/h1-4,6,9-10,15,19-20H,5,7-8,11H2/b3-1+/t15-/m1/s1. The quantitative estimate of drug-likeness (QED) is 0.794. The Hall–Kier alpha value is -1.95. The fourth-order valence-electron chi connectivity index (χ4n) is 2.31. The highest BCUT2D eigenvalue weighted by Crippen LogP contribution is 2.39. The van der Waals surface area contributed by atoms with Gasteiger partial charge in [0, 0.05) is 13.1 Å². The number of benzene rings is 1. The smallest absolute Gasteiger partial charge is 0.179 e. The molecule has 0 saturated heterocycles. The predicted octanol–water partition coefficient (Wildman–Crippen LogP) is 3.04. The molecule has 6 heteroatoms. The molecule has 3 rings (SSSR count). The molecule has 2 heterocycles. The van der Waals surface area contributed by atoms with Gasteiger partial charge in [0.15, 0.2) is 11.5 Å². The molecule has 0 saturated carbocycles. The molecular formula is C17H18ClNO4. The van der Waals surface area contributed by atoms with Gasteiger partial charge in [0.25, 0.3) is 0 Å². The first kappa shape index (κ1) is 15.9. The maximum atomic E-state index is 10.3. The largest absolute Gasteiger partial charge is 0.486 e. The first-order valence-corrected chi connectivity index (χ1v) is 7.79. The van der Waals surface area contributed by atoms with E-state index in [1.807, 2.05) is 24.3 Å². The fourth-order valence-corrected chi connectivity index (χ4v) is 2.58. The Morgan fingerprint density at radius 1 is 1.30 bits per heavy atom. The molecular weight excluding hydrogens is 318 g/mol. The first-order chi connectivity index (χ1) is 11.2. The second kappa shape index (κ2) is 7.55. The van der Waals surface area contributed by atoms with Crippen molar-refractivity contribution in [2.75, 3.05) is 26.3 Å². The van der Waals surface area contributed by atoms with Crippen LogP contribution in [0.5, 0.6) is 11.5 Å². The number of ether oxygens (including phenoxy) is 2. The van der Waals surface area contributed by atoms with E-state index >= 15 is 0 Å². The average molecular weight is 336 g/mol. The Kier molecular flexibility index (Phi) is 5.23. The summed E-state index contributed by atoms with van der Waals surface area (Å²) in [4.78, 5) is 0. The molecule has 0 fully saturated rings. The normalized spacial score (nSPS) is 15.0. The zero-order valence-electron chi connectivity index (χ0n) is 12.5. The predicted molar refractivity (Wildman–Crippen MR) is 88.0 cm³/mol. The van der Waals surface area contributed by atoms with E-state index in [1.54, 1.807) is 18.4 Å². The molecule has 2 N–H and O–H groups in total. The summed E-state index contributed by atoms with van der Waals surface area (Å²) in [7, 11) is 0. The van der Waals surface area contributed by atoms with Gasteiger partial charge in [-0.2, -0.15) is 0 Å². The van der Waals surface area contributed by atoms with E-state index in [1.165, 1.54) is 0 Å². The van der Waals surface area contributed by atoms with Crippen LogP contribution in [0.15, 0.2) is 41.0 Å². The highest BCUT2D eigenvalue weighted by Gasteiger charge is 2.19. The van der Waals surface area contributed by atoms with Crippen molar-refractivity contribution >= 4 is 17.7 Å². The van der Waals surface area contributed by atoms with Gasteiger partial charge in [-0.3, -0.25) is 0 Å². The third-order valence-corrected chi connectivity index (χ3v) is 3.71. The SMILES string of the molecule is O[C@H](CNC/C=C/c1ccco1)c1cc(Cl)c2c(c1)OCCO2. The Morgan fingerprint density at radius 2 is 2.17 bits per heavy atom. The van der Waals surface area contributed by atoms with E-state index in [2.05, 4.69) is 5.32 Å². The van der Waals surface area contributed by atoms with E-state index in [-0.39, 0.29) is 0 Å². The lowest BCUT2D eigenvalue weighted by atomic mass is 10.1. The third-order valence-electron chi connectivity index (χ3n) is 3.43. The van der Waals surface area contributed by atoms with Gasteiger partial charge in [0.1, 0.15) is 19.0 Å². The number of rotatable bonds is 6. The van der Waals surface area contributed by atoms with Crippen molar-refractivity contribution in [1.29, 1.82) is 0 Å². The number of aliphatic hydroxyl groups is 1. The molecule has 23 heavy (non-hydrogen) atoms. The summed E-state index contributed by atoms with van der Waals surface area (Å²) in [6.07, 6.45) is 4.76. The number of fused-ring (bicyclic) bond motifs is 1. The molecule has 2 aromatic rings. The number of hydrogen-bond acceptors (Lipinski definition) is 5. The Balaban J connectivity index is 1.54. The van der Waals surface area contributed by atoms with Crippen LogP contribution in [0, 0.1) is 0 Å². The second-order valence-corrected chi connectivity index (χ2v) is 5.53. The van der Waals surface area contributed by atoms with Crippen molar-refractivity contribution in [3.05, 3.63) is 53.0 Å². The second-order valence-electron chi connectivity index (χ2n) is 5.12. The molecule has 1 aliphatic heterocycles. The van der Waals surface area contributed by atoms with E-state index in [0.29, 0.717) is 48.4 Å². The molecule has 5 nitrogen and oxygen atoms in total. The van der Waals surface area contributed by atoms with Gasteiger partial charge in [-0.15, -0.1) is 0 Å². The summed E-state index contributed by atoms with van der Waals surface area (Å²) in [6.45, 7) is 1.99. The number of aliphatic hydroxyl groups excluding tert-OH is 1. The van der Waals surface area contributed by atoms with E-state index in [4.69, 9.17) is 25.5 Å². The van der Waals surface area contributed by atoms with Crippen LogP contribution >= 0.6 is 11.6 Å². The lowest BCUT2D eigenvalue weighted by molar-refractivity contribution is 0.164. The fraction of sp³-hybridized carbons (Fsp3) is 0.294. The third kappa shape index (κ3) is 4.07. The highest BCUT2D eigenvalue weighted by atomic mass is 35.5. The van der Waals surface area contributed by atoms with E-state index in [9.17, 15) is 5.11 Å². The van der Waals surface area contributed by atoms with Crippen LogP contribution in [0.1, 0.15) is 17.4 Å². The van der Waals surface area contributed by atoms with Crippen molar-refractivity contribution in [3.63, 3.8) is 0 Å². The molecule has 1 aliphatic rings. The molecule has 122 valence electrons. The maximum absolute atomic E-state index is 10.3. The summed E-state index contributed by atoms with van der Waals surface area (Å²) in [5, 5.41) is 13.9. The van der Waals surface area contributed by atoms with Crippen LogP contribution in [0.3, 0.4) is 0 Å². The molecule has 0 bridgehead atoms. The van der Waals surface area contributed by atoms with Crippen LogP contribution in [0.2, 0.25) is 5.02 Å². The highest BCUT2D eigenvalue weighted by molar-refractivity contribution is 6.32. The van der Waals surface area contributed by atoms with Crippen molar-refractivity contribution < 1.29 is 19.0 Å². The minimum absolute atomic E-state index is 0.401. The van der Waals surface area contributed by atoms with Gasteiger partial charge in [-0.25, -0.2) is 0 Å². The summed E-state index contributed by atoms with van der Waals surface area (Å²) < 4.78 is 16.2. The van der Waals surface area contributed by atoms with Crippen LogP contribution in [0.4, 0.5) is 0 Å². The minimum Gasteiger partial charge on any atom is -0.486 e. The van der Waals surface area contributed by atoms with Crippen molar-refractivity contribution in [2.24, 2.45) is 0 Å². The summed E-state index contributed by atoms with van der Waals surface area (Å²) >= 11 is 6.17. The molecule has 1 aromatic carbocycles. The molecule has 1 atom stereocenters. The van der Waals surface area contributed by atoms with Crippen LogP contribution in [-0.4, -0.2) is 31.4 Å². The number of hydrogen-bond donors (Lipinski definition) is 2. The van der Waals surface area contributed by atoms with Gasteiger partial charge < -0.3 is 24.3 Å². The van der Waals surface area contributed by atoms with E-state index < -0.39 is 6.10 Å².